The third kappa shape index (κ3) is 4.44. The first kappa shape index (κ1) is 17.9. The van der Waals surface area contributed by atoms with E-state index in [-0.39, 0.29) is 12.1 Å². The van der Waals surface area contributed by atoms with Gasteiger partial charge in [-0.2, -0.15) is 0 Å². The fraction of sp³-hybridized carbons (Fsp3) is 0.435. The third-order valence-corrected chi connectivity index (χ3v) is 5.80. The highest BCUT2D eigenvalue weighted by atomic mass is 16.2. The van der Waals surface area contributed by atoms with Crippen molar-refractivity contribution >= 4 is 17.4 Å². The molecule has 0 saturated heterocycles. The largest absolute Gasteiger partial charge is 0.382 e. The van der Waals surface area contributed by atoms with Crippen LogP contribution < -0.4 is 15.5 Å². The van der Waals surface area contributed by atoms with E-state index in [1.807, 2.05) is 17.0 Å². The molecule has 1 aliphatic heterocycles. The Kier molecular flexibility index (Phi) is 5.61. The van der Waals surface area contributed by atoms with Crippen LogP contribution >= 0.6 is 0 Å². The van der Waals surface area contributed by atoms with E-state index in [4.69, 9.17) is 0 Å². The van der Waals surface area contributed by atoms with E-state index in [2.05, 4.69) is 53.1 Å². The van der Waals surface area contributed by atoms with Crippen LogP contribution in [0.25, 0.3) is 0 Å². The number of anilines is 2. The van der Waals surface area contributed by atoms with E-state index in [9.17, 15) is 4.79 Å². The van der Waals surface area contributed by atoms with Crippen molar-refractivity contribution in [2.24, 2.45) is 0 Å². The van der Waals surface area contributed by atoms with Gasteiger partial charge in [-0.1, -0.05) is 36.4 Å². The minimum Gasteiger partial charge on any atom is -0.382 e. The summed E-state index contributed by atoms with van der Waals surface area (Å²) in [5.74, 6) is 0. The summed E-state index contributed by atoms with van der Waals surface area (Å²) in [5, 5.41) is 6.92. The lowest BCUT2D eigenvalue weighted by Gasteiger charge is -2.32. The van der Waals surface area contributed by atoms with E-state index in [0.717, 1.165) is 57.2 Å². The Hall–Kier alpha value is -2.49. The predicted octanol–water partition coefficient (Wildman–Crippen LogP) is 4.96. The number of para-hydroxylation sites is 2. The molecular formula is C23H29N3O. The summed E-state index contributed by atoms with van der Waals surface area (Å²) >= 11 is 0. The smallest absolute Gasteiger partial charge is 0.322 e. The van der Waals surface area contributed by atoms with Crippen LogP contribution in [0.5, 0.6) is 0 Å². The first-order chi connectivity index (χ1) is 13.3. The number of fused-ring (bicyclic) bond motifs is 1. The first-order valence-corrected chi connectivity index (χ1v) is 10.3. The standard InChI is InChI=1S/C23H29N3O/c27-23(26-17-7-6-9-18-8-4-5-12-22(18)26)25-21-15-13-20(14-16-21)24-19-10-2-1-3-11-19/h1-5,8,10-12,20-21,24H,6-7,9,13-17H2,(H,25,27)/t20-,21-. The number of benzene rings is 2. The zero-order valence-corrected chi connectivity index (χ0v) is 15.9. The molecule has 1 aliphatic carbocycles. The minimum atomic E-state index is 0.0730. The Morgan fingerprint density at radius 3 is 2.37 bits per heavy atom. The molecule has 4 heteroatoms. The van der Waals surface area contributed by atoms with Gasteiger partial charge in [0.2, 0.25) is 0 Å². The van der Waals surface area contributed by atoms with Gasteiger partial charge in [-0.15, -0.1) is 0 Å². The maximum Gasteiger partial charge on any atom is 0.322 e. The van der Waals surface area contributed by atoms with Gasteiger partial charge in [-0.3, -0.25) is 4.90 Å². The molecule has 4 nitrogen and oxygen atoms in total. The van der Waals surface area contributed by atoms with Crippen molar-refractivity contribution in [3.05, 3.63) is 60.2 Å². The van der Waals surface area contributed by atoms with Crippen LogP contribution in [0.4, 0.5) is 16.2 Å². The summed E-state index contributed by atoms with van der Waals surface area (Å²) in [5.41, 5.74) is 3.57. The van der Waals surface area contributed by atoms with E-state index in [0.29, 0.717) is 6.04 Å². The minimum absolute atomic E-state index is 0.0730. The lowest BCUT2D eigenvalue weighted by atomic mass is 9.91. The van der Waals surface area contributed by atoms with E-state index in [1.165, 1.54) is 11.3 Å². The van der Waals surface area contributed by atoms with Crippen LogP contribution in [-0.2, 0) is 6.42 Å². The number of hydrogen-bond donors (Lipinski definition) is 2. The second-order valence-electron chi connectivity index (χ2n) is 7.75. The monoisotopic (exact) mass is 363 g/mol. The van der Waals surface area contributed by atoms with Crippen LogP contribution in [0, 0.1) is 0 Å². The zero-order chi connectivity index (χ0) is 18.5. The van der Waals surface area contributed by atoms with Crippen LogP contribution in [0.15, 0.2) is 54.6 Å². The van der Waals surface area contributed by atoms with Gasteiger partial charge in [0.1, 0.15) is 0 Å². The van der Waals surface area contributed by atoms with Crippen molar-refractivity contribution in [2.45, 2.75) is 57.0 Å². The van der Waals surface area contributed by atoms with Crippen LogP contribution in [0.3, 0.4) is 0 Å². The highest BCUT2D eigenvalue weighted by molar-refractivity contribution is 5.93. The molecule has 2 aliphatic rings. The molecule has 2 amide bonds. The maximum atomic E-state index is 13.0. The molecule has 0 aromatic heterocycles. The van der Waals surface area contributed by atoms with E-state index < -0.39 is 0 Å². The molecular weight excluding hydrogens is 334 g/mol. The molecule has 0 bridgehead atoms. The number of rotatable bonds is 3. The molecule has 1 fully saturated rings. The summed E-state index contributed by atoms with van der Waals surface area (Å²) in [7, 11) is 0. The van der Waals surface area contributed by atoms with Crippen molar-refractivity contribution in [2.75, 3.05) is 16.8 Å². The van der Waals surface area contributed by atoms with E-state index >= 15 is 0 Å². The second kappa shape index (κ2) is 8.47. The Balaban J connectivity index is 1.32. The highest BCUT2D eigenvalue weighted by Gasteiger charge is 2.26. The molecule has 0 atom stereocenters. The highest BCUT2D eigenvalue weighted by Crippen LogP contribution is 2.27. The number of aryl methyl sites for hydroxylation is 1. The molecule has 1 heterocycles. The number of urea groups is 1. The van der Waals surface area contributed by atoms with Crippen LogP contribution in [-0.4, -0.2) is 24.7 Å². The summed E-state index contributed by atoms with van der Waals surface area (Å²) < 4.78 is 0. The molecule has 2 N–H and O–H groups in total. The Labute approximate surface area is 162 Å². The fourth-order valence-electron chi connectivity index (χ4n) is 4.31. The number of carbonyl (C=O) groups excluding carboxylic acids is 1. The molecule has 4 rings (SSSR count). The SMILES string of the molecule is O=C(N[C@H]1CC[C@H](Nc2ccccc2)CC1)N1CCCCc2ccccc21. The lowest BCUT2D eigenvalue weighted by Crippen LogP contribution is -2.47. The van der Waals surface area contributed by atoms with Crippen molar-refractivity contribution < 1.29 is 4.79 Å². The Bertz CT molecular complexity index is 753. The summed E-state index contributed by atoms with van der Waals surface area (Å²) in [6, 6.07) is 19.6. The topological polar surface area (TPSA) is 44.4 Å². The second-order valence-corrected chi connectivity index (χ2v) is 7.75. The molecule has 2 aromatic carbocycles. The van der Waals surface area contributed by atoms with Crippen LogP contribution in [0.1, 0.15) is 44.1 Å². The number of nitrogens with one attached hydrogen (secondary N) is 2. The van der Waals surface area contributed by atoms with Gasteiger partial charge >= 0.3 is 6.03 Å². The van der Waals surface area contributed by atoms with Gasteiger partial charge in [-0.05, 0) is 68.7 Å². The number of hydrogen-bond acceptors (Lipinski definition) is 2. The van der Waals surface area contributed by atoms with Gasteiger partial charge in [-0.25, -0.2) is 4.79 Å². The summed E-state index contributed by atoms with van der Waals surface area (Å²) in [6.45, 7) is 0.813. The number of nitrogens with zero attached hydrogens (tertiary/aromatic N) is 1. The quantitative estimate of drug-likeness (QED) is 0.809. The summed E-state index contributed by atoms with van der Waals surface area (Å²) in [4.78, 5) is 14.9. The molecule has 27 heavy (non-hydrogen) atoms. The molecule has 1 saturated carbocycles. The zero-order valence-electron chi connectivity index (χ0n) is 15.9. The summed E-state index contributed by atoms with van der Waals surface area (Å²) in [6.07, 6.45) is 7.54. The van der Waals surface area contributed by atoms with Gasteiger partial charge in [0.25, 0.3) is 0 Å². The lowest BCUT2D eigenvalue weighted by molar-refractivity contribution is 0.237. The van der Waals surface area contributed by atoms with Crippen molar-refractivity contribution in [1.82, 2.24) is 5.32 Å². The van der Waals surface area contributed by atoms with Gasteiger partial charge in [0.05, 0.1) is 0 Å². The normalized spacial score (nSPS) is 22.4. The molecule has 2 aromatic rings. The van der Waals surface area contributed by atoms with Crippen LogP contribution in [0.2, 0.25) is 0 Å². The first-order valence-electron chi connectivity index (χ1n) is 10.3. The van der Waals surface area contributed by atoms with Crippen molar-refractivity contribution in [3.63, 3.8) is 0 Å². The fourth-order valence-corrected chi connectivity index (χ4v) is 4.31. The number of amides is 2. The molecule has 0 spiro atoms. The molecule has 0 unspecified atom stereocenters. The van der Waals surface area contributed by atoms with Gasteiger partial charge in [0.15, 0.2) is 0 Å². The Morgan fingerprint density at radius 2 is 1.56 bits per heavy atom. The Morgan fingerprint density at radius 1 is 0.852 bits per heavy atom. The average Bonchev–Trinajstić information content (AvgIpc) is 2.93. The van der Waals surface area contributed by atoms with E-state index in [1.54, 1.807) is 0 Å². The average molecular weight is 364 g/mol. The number of carbonyl (C=O) groups is 1. The third-order valence-electron chi connectivity index (χ3n) is 5.80. The van der Waals surface area contributed by atoms with Gasteiger partial charge < -0.3 is 10.6 Å². The maximum absolute atomic E-state index is 13.0. The molecule has 0 radical (unpaired) electrons. The predicted molar refractivity (Wildman–Crippen MR) is 111 cm³/mol. The van der Waals surface area contributed by atoms with Gasteiger partial charge in [0, 0.05) is 30.0 Å². The van der Waals surface area contributed by atoms with Crippen molar-refractivity contribution in [1.29, 1.82) is 0 Å². The molecule has 142 valence electrons. The van der Waals surface area contributed by atoms with Crippen molar-refractivity contribution in [3.8, 4) is 0 Å².